The Balaban J connectivity index is 1.96. The zero-order valence-electron chi connectivity index (χ0n) is 15.7. The molecule has 132 valence electrons. The third-order valence-electron chi connectivity index (χ3n) is 4.61. The highest BCUT2D eigenvalue weighted by Crippen LogP contribution is 2.40. The summed E-state index contributed by atoms with van der Waals surface area (Å²) in [5.74, 6) is -0.147. The first-order valence-corrected chi connectivity index (χ1v) is 8.83. The molecular formula is C22H28N2O. The molecule has 0 aliphatic heterocycles. The molecule has 1 aromatic rings. The van der Waals surface area contributed by atoms with Crippen LogP contribution in [0.5, 0.6) is 0 Å². The van der Waals surface area contributed by atoms with E-state index >= 15 is 0 Å². The summed E-state index contributed by atoms with van der Waals surface area (Å²) in [6, 6.07) is 3.52. The predicted molar refractivity (Wildman–Crippen MR) is 105 cm³/mol. The van der Waals surface area contributed by atoms with Gasteiger partial charge < -0.3 is 5.32 Å². The van der Waals surface area contributed by atoms with Crippen LogP contribution >= 0.6 is 0 Å². The molecule has 0 saturated heterocycles. The van der Waals surface area contributed by atoms with Crippen molar-refractivity contribution in [1.29, 1.82) is 0 Å². The van der Waals surface area contributed by atoms with Gasteiger partial charge in [-0.3, -0.25) is 9.78 Å². The van der Waals surface area contributed by atoms with Crippen molar-refractivity contribution in [2.24, 2.45) is 5.41 Å². The number of hydrogen-bond acceptors (Lipinski definition) is 2. The molecule has 1 N–H and O–H groups in total. The van der Waals surface area contributed by atoms with Crippen molar-refractivity contribution in [3.8, 4) is 0 Å². The highest BCUT2D eigenvalue weighted by Gasteiger charge is 2.26. The lowest BCUT2D eigenvalue weighted by molar-refractivity contribution is -0.111. The maximum absolute atomic E-state index is 11.9. The van der Waals surface area contributed by atoms with Crippen LogP contribution in [0.25, 0.3) is 0 Å². The van der Waals surface area contributed by atoms with Crippen LogP contribution < -0.4 is 5.32 Å². The zero-order valence-corrected chi connectivity index (χ0v) is 15.7. The van der Waals surface area contributed by atoms with Gasteiger partial charge in [0, 0.05) is 24.2 Å². The van der Waals surface area contributed by atoms with E-state index in [9.17, 15) is 4.79 Å². The van der Waals surface area contributed by atoms with E-state index in [-0.39, 0.29) is 11.3 Å². The van der Waals surface area contributed by atoms with Gasteiger partial charge in [-0.05, 0) is 56.2 Å². The molecule has 0 fully saturated rings. The van der Waals surface area contributed by atoms with E-state index < -0.39 is 0 Å². The van der Waals surface area contributed by atoms with Crippen LogP contribution in [0.3, 0.4) is 0 Å². The maximum atomic E-state index is 11.9. The summed E-state index contributed by atoms with van der Waals surface area (Å²) in [7, 11) is 0. The highest BCUT2D eigenvalue weighted by molar-refractivity contribution is 5.99. The molecule has 0 spiro atoms. The summed E-state index contributed by atoms with van der Waals surface area (Å²) in [6.45, 7) is 8.92. The van der Waals surface area contributed by atoms with Gasteiger partial charge in [0.1, 0.15) is 0 Å². The smallest absolute Gasteiger partial charge is 0.248 e. The number of hydrogen-bond donors (Lipinski definition) is 1. The van der Waals surface area contributed by atoms with Crippen molar-refractivity contribution in [2.75, 3.05) is 5.32 Å². The summed E-state index contributed by atoms with van der Waals surface area (Å²) in [6.07, 6.45) is 16.7. The van der Waals surface area contributed by atoms with Crippen LogP contribution in [0.1, 0.15) is 47.0 Å². The third-order valence-corrected chi connectivity index (χ3v) is 4.61. The highest BCUT2D eigenvalue weighted by atomic mass is 16.1. The SMILES string of the molecule is CC1=C(/C=C/C(C)=C/C=C/C(=O)Nc2ccncc2)C(C)(C)CCC1. The number of nitrogens with one attached hydrogen (secondary N) is 1. The van der Waals surface area contributed by atoms with Crippen molar-refractivity contribution >= 4 is 11.6 Å². The molecule has 0 unspecified atom stereocenters. The zero-order chi connectivity index (χ0) is 18.3. The lowest BCUT2D eigenvalue weighted by Gasteiger charge is -2.32. The summed E-state index contributed by atoms with van der Waals surface area (Å²) in [5, 5.41) is 2.80. The maximum Gasteiger partial charge on any atom is 0.248 e. The van der Waals surface area contributed by atoms with Gasteiger partial charge in [0.25, 0.3) is 0 Å². The van der Waals surface area contributed by atoms with Gasteiger partial charge in [0.15, 0.2) is 0 Å². The Labute approximate surface area is 151 Å². The van der Waals surface area contributed by atoms with Crippen molar-refractivity contribution in [2.45, 2.75) is 47.0 Å². The molecule has 0 bridgehead atoms. The Morgan fingerprint density at radius 1 is 1.24 bits per heavy atom. The summed E-state index contributed by atoms with van der Waals surface area (Å²) < 4.78 is 0. The number of pyridine rings is 1. The van der Waals surface area contributed by atoms with E-state index in [4.69, 9.17) is 0 Å². The Morgan fingerprint density at radius 3 is 2.64 bits per heavy atom. The van der Waals surface area contributed by atoms with Gasteiger partial charge in [-0.2, -0.15) is 0 Å². The molecule has 0 aromatic carbocycles. The molecule has 0 saturated carbocycles. The van der Waals surface area contributed by atoms with Crippen LogP contribution in [0.4, 0.5) is 5.69 Å². The molecule has 1 aliphatic rings. The van der Waals surface area contributed by atoms with E-state index in [1.807, 2.05) is 13.0 Å². The average Bonchev–Trinajstić information content (AvgIpc) is 2.54. The quantitative estimate of drug-likeness (QED) is 0.561. The molecule has 1 aliphatic carbocycles. The van der Waals surface area contributed by atoms with Gasteiger partial charge in [0.2, 0.25) is 5.91 Å². The molecule has 0 radical (unpaired) electrons. The second kappa shape index (κ2) is 8.61. The summed E-state index contributed by atoms with van der Waals surface area (Å²) in [4.78, 5) is 15.8. The fraction of sp³-hybridized carbons (Fsp3) is 0.364. The van der Waals surface area contributed by atoms with Crippen LogP contribution in [0, 0.1) is 5.41 Å². The second-order valence-electron chi connectivity index (χ2n) is 7.26. The number of rotatable bonds is 5. The van der Waals surface area contributed by atoms with Crippen molar-refractivity contribution < 1.29 is 4.79 Å². The number of aromatic nitrogens is 1. The summed E-state index contributed by atoms with van der Waals surface area (Å²) >= 11 is 0. The van der Waals surface area contributed by atoms with Crippen LogP contribution in [-0.4, -0.2) is 10.9 Å². The third kappa shape index (κ3) is 5.86. The minimum absolute atomic E-state index is 0.147. The van der Waals surface area contributed by atoms with E-state index in [2.05, 4.69) is 43.2 Å². The first kappa shape index (κ1) is 18.9. The number of carbonyl (C=O) groups excluding carboxylic acids is 1. The normalized spacial score (nSPS) is 18.2. The Morgan fingerprint density at radius 2 is 1.96 bits per heavy atom. The van der Waals surface area contributed by atoms with Crippen LogP contribution in [0.15, 0.2) is 71.6 Å². The molecule has 3 heteroatoms. The first-order chi connectivity index (χ1) is 11.9. The fourth-order valence-electron chi connectivity index (χ4n) is 3.19. The number of allylic oxidation sites excluding steroid dienone is 7. The molecular weight excluding hydrogens is 308 g/mol. The fourth-order valence-corrected chi connectivity index (χ4v) is 3.19. The predicted octanol–water partition coefficient (Wildman–Crippen LogP) is 5.61. The van der Waals surface area contributed by atoms with Crippen molar-refractivity contribution in [3.05, 3.63) is 71.6 Å². The molecule has 1 aromatic heterocycles. The van der Waals surface area contributed by atoms with Crippen molar-refractivity contribution in [1.82, 2.24) is 4.98 Å². The number of carbonyl (C=O) groups is 1. The molecule has 1 amide bonds. The van der Waals surface area contributed by atoms with Gasteiger partial charge in [-0.1, -0.05) is 49.3 Å². The minimum atomic E-state index is -0.147. The number of amides is 1. The molecule has 1 heterocycles. The van der Waals surface area contributed by atoms with Crippen molar-refractivity contribution in [3.63, 3.8) is 0 Å². The average molecular weight is 336 g/mol. The van der Waals surface area contributed by atoms with E-state index in [1.54, 1.807) is 30.6 Å². The topological polar surface area (TPSA) is 42.0 Å². The molecule has 0 atom stereocenters. The molecule has 25 heavy (non-hydrogen) atoms. The van der Waals surface area contributed by atoms with E-state index in [0.29, 0.717) is 0 Å². The lowest BCUT2D eigenvalue weighted by atomic mass is 9.72. The first-order valence-electron chi connectivity index (χ1n) is 8.83. The minimum Gasteiger partial charge on any atom is -0.322 e. The van der Waals surface area contributed by atoms with E-state index in [0.717, 1.165) is 11.3 Å². The van der Waals surface area contributed by atoms with Gasteiger partial charge in [-0.15, -0.1) is 0 Å². The monoisotopic (exact) mass is 336 g/mol. The number of anilines is 1. The Kier molecular flexibility index (Phi) is 6.51. The van der Waals surface area contributed by atoms with Crippen LogP contribution in [-0.2, 0) is 4.79 Å². The van der Waals surface area contributed by atoms with Gasteiger partial charge in [0.05, 0.1) is 0 Å². The molecule has 2 rings (SSSR count). The number of nitrogens with zero attached hydrogens (tertiary/aromatic N) is 1. The van der Waals surface area contributed by atoms with E-state index in [1.165, 1.54) is 36.5 Å². The van der Waals surface area contributed by atoms with Gasteiger partial charge >= 0.3 is 0 Å². The second-order valence-corrected chi connectivity index (χ2v) is 7.26. The largest absolute Gasteiger partial charge is 0.322 e. The Hall–Kier alpha value is -2.42. The Bertz CT molecular complexity index is 722. The van der Waals surface area contributed by atoms with Crippen LogP contribution in [0.2, 0.25) is 0 Å². The standard InChI is InChI=1S/C22H28N2O/c1-17(10-11-20-18(2)8-6-14-22(20,3)4)7-5-9-21(25)24-19-12-15-23-16-13-19/h5,7,9-13,15-16H,6,8,14H2,1-4H3,(H,23,24,25)/b9-5+,11-10+,17-7+. The summed E-state index contributed by atoms with van der Waals surface area (Å²) in [5.41, 5.74) is 5.06. The lowest BCUT2D eigenvalue weighted by Crippen LogP contribution is -2.19. The molecule has 3 nitrogen and oxygen atoms in total. The van der Waals surface area contributed by atoms with Gasteiger partial charge in [-0.25, -0.2) is 0 Å².